The molecule has 6 nitrogen and oxygen atoms in total. The fraction of sp³-hybridized carbons (Fsp3) is 0.111. The van der Waals surface area contributed by atoms with Crippen LogP contribution < -0.4 is 14.8 Å². The Morgan fingerprint density at radius 3 is 2.62 bits per heavy atom. The summed E-state index contributed by atoms with van der Waals surface area (Å²) in [5.74, 6) is 0.337. The van der Waals surface area contributed by atoms with Crippen LogP contribution in [0, 0.1) is 5.82 Å². The Labute approximate surface area is 157 Å². The van der Waals surface area contributed by atoms with Gasteiger partial charge in [-0.1, -0.05) is 15.9 Å². The van der Waals surface area contributed by atoms with E-state index in [1.165, 1.54) is 22.9 Å². The minimum Gasteiger partial charge on any atom is -0.497 e. The van der Waals surface area contributed by atoms with Gasteiger partial charge in [0.1, 0.15) is 17.3 Å². The highest BCUT2D eigenvalue weighted by Gasteiger charge is 2.12. The summed E-state index contributed by atoms with van der Waals surface area (Å²) in [6, 6.07) is 13.0. The number of carbonyl (C=O) groups is 1. The molecule has 1 aromatic heterocycles. The van der Waals surface area contributed by atoms with Crippen molar-refractivity contribution in [1.29, 1.82) is 0 Å². The molecular formula is C18H15BrFN3O3. The molecule has 1 amide bonds. The van der Waals surface area contributed by atoms with Crippen LogP contribution in [0.3, 0.4) is 0 Å². The average Bonchev–Trinajstić information content (AvgIpc) is 3.12. The summed E-state index contributed by atoms with van der Waals surface area (Å²) < 4.78 is 26.5. The fourth-order valence-electron chi connectivity index (χ4n) is 2.14. The van der Waals surface area contributed by atoms with Crippen LogP contribution in [0.5, 0.6) is 11.5 Å². The summed E-state index contributed by atoms with van der Waals surface area (Å²) in [7, 11) is 1.59. The molecule has 0 unspecified atom stereocenters. The fourth-order valence-corrected chi connectivity index (χ4v) is 2.48. The number of halogens is 2. The number of nitrogens with zero attached hydrogens (tertiary/aromatic N) is 2. The molecule has 0 aliphatic heterocycles. The molecule has 3 aromatic rings. The van der Waals surface area contributed by atoms with Crippen molar-refractivity contribution in [2.75, 3.05) is 12.4 Å². The summed E-state index contributed by atoms with van der Waals surface area (Å²) in [5, 5.41) is 6.61. The minimum atomic E-state index is -0.532. The average molecular weight is 420 g/mol. The van der Waals surface area contributed by atoms with Crippen molar-refractivity contribution in [2.45, 2.75) is 6.73 Å². The molecule has 134 valence electrons. The van der Waals surface area contributed by atoms with Gasteiger partial charge in [0, 0.05) is 10.7 Å². The van der Waals surface area contributed by atoms with Crippen LogP contribution in [-0.4, -0.2) is 22.8 Å². The highest BCUT2D eigenvalue weighted by molar-refractivity contribution is 9.10. The lowest BCUT2D eigenvalue weighted by molar-refractivity contribution is 0.101. The number of hydrogen-bond donors (Lipinski definition) is 1. The molecule has 0 bridgehead atoms. The Morgan fingerprint density at radius 2 is 1.92 bits per heavy atom. The maximum atomic E-state index is 13.8. The number of aromatic nitrogens is 2. The van der Waals surface area contributed by atoms with Gasteiger partial charge in [0.2, 0.25) is 0 Å². The van der Waals surface area contributed by atoms with E-state index in [1.807, 2.05) is 0 Å². The number of methoxy groups -OCH3 is 1. The van der Waals surface area contributed by atoms with Gasteiger partial charge in [0.05, 0.1) is 12.8 Å². The van der Waals surface area contributed by atoms with Gasteiger partial charge >= 0.3 is 0 Å². The normalized spacial score (nSPS) is 10.4. The van der Waals surface area contributed by atoms with Crippen LogP contribution in [0.2, 0.25) is 0 Å². The third kappa shape index (κ3) is 4.40. The Bertz CT molecular complexity index is 912. The zero-order chi connectivity index (χ0) is 18.5. The highest BCUT2D eigenvalue weighted by atomic mass is 79.9. The molecule has 0 fully saturated rings. The number of amides is 1. The van der Waals surface area contributed by atoms with E-state index < -0.39 is 11.7 Å². The topological polar surface area (TPSA) is 65.4 Å². The third-order valence-electron chi connectivity index (χ3n) is 3.48. The Balaban J connectivity index is 1.60. The minimum absolute atomic E-state index is 0.0854. The molecule has 1 N–H and O–H groups in total. The summed E-state index contributed by atoms with van der Waals surface area (Å²) in [4.78, 5) is 12.2. The quantitative estimate of drug-likeness (QED) is 0.653. The van der Waals surface area contributed by atoms with Crippen molar-refractivity contribution in [3.05, 3.63) is 70.7 Å². The lowest BCUT2D eigenvalue weighted by Crippen LogP contribution is -2.15. The second-order valence-electron chi connectivity index (χ2n) is 5.27. The molecule has 0 aliphatic rings. The molecule has 0 spiro atoms. The SMILES string of the molecule is COc1ccc(OCn2ccc(C(=O)Nc3ccc(Br)cc3F)n2)cc1. The van der Waals surface area contributed by atoms with E-state index in [0.29, 0.717) is 10.2 Å². The van der Waals surface area contributed by atoms with Gasteiger partial charge in [0.25, 0.3) is 5.91 Å². The number of rotatable bonds is 6. The lowest BCUT2D eigenvalue weighted by Gasteiger charge is -2.07. The van der Waals surface area contributed by atoms with E-state index in [9.17, 15) is 9.18 Å². The summed E-state index contributed by atoms with van der Waals surface area (Å²) >= 11 is 3.17. The first-order valence-electron chi connectivity index (χ1n) is 7.62. The predicted octanol–water partition coefficient (Wildman–Crippen LogP) is 4.08. The second-order valence-corrected chi connectivity index (χ2v) is 6.18. The van der Waals surface area contributed by atoms with Crippen LogP contribution >= 0.6 is 15.9 Å². The monoisotopic (exact) mass is 419 g/mol. The van der Waals surface area contributed by atoms with Crippen molar-refractivity contribution in [2.24, 2.45) is 0 Å². The molecule has 0 saturated heterocycles. The van der Waals surface area contributed by atoms with Gasteiger partial charge in [-0.15, -0.1) is 0 Å². The van der Waals surface area contributed by atoms with E-state index in [1.54, 1.807) is 43.6 Å². The Morgan fingerprint density at radius 1 is 1.19 bits per heavy atom. The first-order valence-corrected chi connectivity index (χ1v) is 8.41. The molecule has 8 heteroatoms. The van der Waals surface area contributed by atoms with Gasteiger partial charge in [-0.2, -0.15) is 5.10 Å². The van der Waals surface area contributed by atoms with Gasteiger partial charge in [-0.25, -0.2) is 9.07 Å². The third-order valence-corrected chi connectivity index (χ3v) is 3.97. The first kappa shape index (κ1) is 17.9. The van der Waals surface area contributed by atoms with Crippen molar-refractivity contribution in [3.8, 4) is 11.5 Å². The number of anilines is 1. The van der Waals surface area contributed by atoms with Crippen LogP contribution in [0.4, 0.5) is 10.1 Å². The van der Waals surface area contributed by atoms with Crippen LogP contribution in [-0.2, 0) is 6.73 Å². The molecule has 0 aliphatic carbocycles. The van der Waals surface area contributed by atoms with Crippen molar-refractivity contribution >= 4 is 27.5 Å². The number of ether oxygens (including phenoxy) is 2. The van der Waals surface area contributed by atoms with Gasteiger partial charge in [0.15, 0.2) is 12.4 Å². The zero-order valence-electron chi connectivity index (χ0n) is 13.8. The second kappa shape index (κ2) is 8.01. The molecule has 1 heterocycles. The maximum Gasteiger partial charge on any atom is 0.276 e. The van der Waals surface area contributed by atoms with Crippen LogP contribution in [0.15, 0.2) is 59.2 Å². The van der Waals surface area contributed by atoms with E-state index in [-0.39, 0.29) is 18.1 Å². The highest BCUT2D eigenvalue weighted by Crippen LogP contribution is 2.20. The Hall–Kier alpha value is -2.87. The molecule has 26 heavy (non-hydrogen) atoms. The standard InChI is InChI=1S/C18H15BrFN3O3/c1-25-13-3-5-14(6-4-13)26-11-23-9-8-17(22-23)18(24)21-16-7-2-12(19)10-15(16)20/h2-10H,11H2,1H3,(H,21,24). The maximum absolute atomic E-state index is 13.8. The van der Waals surface area contributed by atoms with E-state index in [2.05, 4.69) is 26.3 Å². The summed E-state index contributed by atoms with van der Waals surface area (Å²) in [6.45, 7) is 0.131. The molecule has 0 atom stereocenters. The zero-order valence-corrected chi connectivity index (χ0v) is 15.4. The van der Waals surface area contributed by atoms with E-state index in [4.69, 9.17) is 9.47 Å². The van der Waals surface area contributed by atoms with Crippen molar-refractivity contribution < 1.29 is 18.7 Å². The van der Waals surface area contributed by atoms with E-state index in [0.717, 1.165) is 5.75 Å². The molecule has 0 saturated carbocycles. The van der Waals surface area contributed by atoms with E-state index >= 15 is 0 Å². The Kier molecular flexibility index (Phi) is 5.52. The predicted molar refractivity (Wildman–Crippen MR) is 97.9 cm³/mol. The number of benzene rings is 2. The van der Waals surface area contributed by atoms with Gasteiger partial charge in [-0.3, -0.25) is 4.79 Å². The van der Waals surface area contributed by atoms with Gasteiger partial charge < -0.3 is 14.8 Å². The molecule has 3 rings (SSSR count). The number of nitrogens with one attached hydrogen (secondary N) is 1. The van der Waals surface area contributed by atoms with Crippen LogP contribution in [0.1, 0.15) is 10.5 Å². The lowest BCUT2D eigenvalue weighted by atomic mass is 10.3. The molecule has 2 aromatic carbocycles. The summed E-state index contributed by atoms with van der Waals surface area (Å²) in [5.41, 5.74) is 0.243. The van der Waals surface area contributed by atoms with Crippen molar-refractivity contribution in [3.63, 3.8) is 0 Å². The smallest absolute Gasteiger partial charge is 0.276 e. The van der Waals surface area contributed by atoms with Crippen molar-refractivity contribution in [1.82, 2.24) is 9.78 Å². The molecule has 0 radical (unpaired) electrons. The number of carbonyl (C=O) groups excluding carboxylic acids is 1. The number of hydrogen-bond acceptors (Lipinski definition) is 4. The van der Waals surface area contributed by atoms with Gasteiger partial charge in [-0.05, 0) is 48.5 Å². The summed E-state index contributed by atoms with van der Waals surface area (Å²) in [6.07, 6.45) is 1.61. The largest absolute Gasteiger partial charge is 0.497 e. The molecular weight excluding hydrogens is 405 g/mol. The first-order chi connectivity index (χ1) is 12.5. The van der Waals surface area contributed by atoms with Crippen LogP contribution in [0.25, 0.3) is 0 Å².